The van der Waals surface area contributed by atoms with Crippen LogP contribution in [0.2, 0.25) is 0 Å². The van der Waals surface area contributed by atoms with Crippen LogP contribution in [-0.4, -0.2) is 53.4 Å². The van der Waals surface area contributed by atoms with E-state index < -0.39 is 0 Å². The largest absolute Gasteiger partial charge is 0.354 e. The molecule has 0 radical (unpaired) electrons. The highest BCUT2D eigenvalue weighted by Crippen LogP contribution is 2.40. The summed E-state index contributed by atoms with van der Waals surface area (Å²) >= 11 is 0. The molecule has 1 aromatic carbocycles. The topological polar surface area (TPSA) is 78.4 Å². The van der Waals surface area contributed by atoms with Gasteiger partial charge in [-0.1, -0.05) is 6.07 Å². The summed E-state index contributed by atoms with van der Waals surface area (Å²) in [5.41, 5.74) is 5.58. The van der Waals surface area contributed by atoms with Gasteiger partial charge >= 0.3 is 0 Å². The fourth-order valence-corrected chi connectivity index (χ4v) is 5.44. The lowest BCUT2D eigenvalue weighted by atomic mass is 9.84. The van der Waals surface area contributed by atoms with Crippen LogP contribution >= 0.6 is 0 Å². The maximum Gasteiger partial charge on any atom is 0.269 e. The lowest BCUT2D eigenvalue weighted by Gasteiger charge is -2.35. The van der Waals surface area contributed by atoms with E-state index in [1.54, 1.807) is 20.2 Å². The number of likely N-dealkylation sites (tertiary alicyclic amines) is 1. The molecule has 2 aromatic heterocycles. The maximum atomic E-state index is 12.4. The number of amides is 2. The molecule has 1 fully saturated rings. The molecule has 7 nitrogen and oxygen atoms in total. The highest BCUT2D eigenvalue weighted by Gasteiger charge is 2.27. The first-order chi connectivity index (χ1) is 16.5. The average Bonchev–Trinajstić information content (AvgIpc) is 2.87. The smallest absolute Gasteiger partial charge is 0.269 e. The number of rotatable bonds is 3. The quantitative estimate of drug-likeness (QED) is 0.640. The predicted octanol–water partition coefficient (Wildman–Crippen LogP) is 4.11. The van der Waals surface area contributed by atoms with E-state index in [0.717, 1.165) is 61.9 Å². The number of aryl methyl sites for hydroxylation is 2. The molecule has 1 saturated heterocycles. The molecule has 0 atom stereocenters. The molecular weight excluding hydrogens is 426 g/mol. The Morgan fingerprint density at radius 1 is 1.12 bits per heavy atom. The number of hydrogen-bond donors (Lipinski definition) is 1. The number of pyridine rings is 2. The van der Waals surface area contributed by atoms with E-state index in [-0.39, 0.29) is 11.8 Å². The minimum absolute atomic E-state index is 0.171. The van der Waals surface area contributed by atoms with Gasteiger partial charge in [-0.2, -0.15) is 0 Å². The van der Waals surface area contributed by atoms with Crippen LogP contribution in [0.1, 0.15) is 59.3 Å². The minimum atomic E-state index is -0.194. The average molecular weight is 458 g/mol. The molecule has 0 aliphatic carbocycles. The number of fused-ring (bicyclic) bond motifs is 2. The van der Waals surface area contributed by atoms with Gasteiger partial charge in [0.1, 0.15) is 11.5 Å². The standard InChI is InChI=1S/C27H31N5O2/c1-17-13-25-21(14-22(17)19-7-11-31(12-8-19)18(2)33)5-4-10-32(25)26-23-16-29-9-6-20(23)15-24(30-26)27(34)28-3/h6,9,13-16,19H,4-5,7-8,10-12H2,1-3H3,(H,28,34). The normalized spacial score (nSPS) is 16.4. The number of benzene rings is 1. The molecule has 4 heterocycles. The number of nitrogens with one attached hydrogen (secondary N) is 1. The van der Waals surface area contributed by atoms with Crippen LogP contribution in [0.5, 0.6) is 0 Å². The molecule has 2 aliphatic rings. The van der Waals surface area contributed by atoms with E-state index in [0.29, 0.717) is 11.6 Å². The van der Waals surface area contributed by atoms with Crippen molar-refractivity contribution in [3.63, 3.8) is 0 Å². The van der Waals surface area contributed by atoms with Crippen LogP contribution in [-0.2, 0) is 11.2 Å². The highest BCUT2D eigenvalue weighted by molar-refractivity contribution is 6.01. The fraction of sp³-hybridized carbons (Fsp3) is 0.407. The van der Waals surface area contributed by atoms with Crippen molar-refractivity contribution in [2.75, 3.05) is 31.6 Å². The van der Waals surface area contributed by atoms with Gasteiger partial charge in [-0.15, -0.1) is 0 Å². The Balaban J connectivity index is 1.54. The van der Waals surface area contributed by atoms with E-state index in [2.05, 4.69) is 34.3 Å². The maximum absolute atomic E-state index is 12.4. The first-order valence-corrected chi connectivity index (χ1v) is 12.1. The molecule has 0 unspecified atom stereocenters. The number of aromatic nitrogens is 2. The van der Waals surface area contributed by atoms with Crippen LogP contribution in [0.25, 0.3) is 10.8 Å². The Hall–Kier alpha value is -3.48. The van der Waals surface area contributed by atoms with Crippen molar-refractivity contribution in [3.8, 4) is 0 Å². The van der Waals surface area contributed by atoms with E-state index in [1.807, 2.05) is 23.2 Å². The summed E-state index contributed by atoms with van der Waals surface area (Å²) < 4.78 is 0. The lowest BCUT2D eigenvalue weighted by Crippen LogP contribution is -2.36. The van der Waals surface area contributed by atoms with E-state index >= 15 is 0 Å². The third kappa shape index (κ3) is 4.00. The summed E-state index contributed by atoms with van der Waals surface area (Å²) in [6.07, 6.45) is 7.65. The van der Waals surface area contributed by atoms with Gasteiger partial charge in [-0.05, 0) is 78.8 Å². The van der Waals surface area contributed by atoms with Crippen molar-refractivity contribution in [2.45, 2.75) is 45.4 Å². The number of nitrogens with zero attached hydrogens (tertiary/aromatic N) is 4. The summed E-state index contributed by atoms with van der Waals surface area (Å²) in [5, 5.41) is 4.60. The molecule has 2 aliphatic heterocycles. The molecule has 3 aromatic rings. The molecule has 2 amide bonds. The van der Waals surface area contributed by atoms with E-state index in [1.165, 1.54) is 22.4 Å². The Labute approximate surface area is 200 Å². The SMILES string of the molecule is CNC(=O)c1cc2ccncc2c(N2CCCc3cc(C4CCN(C(C)=O)CC4)c(C)cc32)n1. The Bertz CT molecular complexity index is 1260. The molecular formula is C27H31N5O2. The zero-order valence-corrected chi connectivity index (χ0v) is 20.1. The second-order valence-electron chi connectivity index (χ2n) is 9.38. The summed E-state index contributed by atoms with van der Waals surface area (Å²) in [6, 6.07) is 8.43. The third-order valence-corrected chi connectivity index (χ3v) is 7.30. The Kier molecular flexibility index (Phi) is 5.94. The van der Waals surface area contributed by atoms with Crippen LogP contribution in [0.3, 0.4) is 0 Å². The van der Waals surface area contributed by atoms with E-state index in [4.69, 9.17) is 4.98 Å². The van der Waals surface area contributed by atoms with Gasteiger partial charge in [0, 0.05) is 57.1 Å². The molecule has 34 heavy (non-hydrogen) atoms. The number of hydrogen-bond acceptors (Lipinski definition) is 5. The zero-order valence-electron chi connectivity index (χ0n) is 20.1. The van der Waals surface area contributed by atoms with Crippen molar-refractivity contribution in [1.29, 1.82) is 0 Å². The van der Waals surface area contributed by atoms with E-state index in [9.17, 15) is 9.59 Å². The van der Waals surface area contributed by atoms with Crippen LogP contribution in [0.4, 0.5) is 11.5 Å². The molecule has 1 N–H and O–H groups in total. The predicted molar refractivity (Wildman–Crippen MR) is 134 cm³/mol. The second-order valence-corrected chi connectivity index (χ2v) is 9.38. The van der Waals surface area contributed by atoms with Gasteiger partial charge in [0.05, 0.1) is 0 Å². The lowest BCUT2D eigenvalue weighted by molar-refractivity contribution is -0.129. The van der Waals surface area contributed by atoms with Crippen molar-refractivity contribution in [1.82, 2.24) is 20.2 Å². The third-order valence-electron chi connectivity index (χ3n) is 7.30. The Morgan fingerprint density at radius 2 is 1.91 bits per heavy atom. The van der Waals surface area contributed by atoms with Gasteiger partial charge in [0.2, 0.25) is 5.91 Å². The van der Waals surface area contributed by atoms with Crippen molar-refractivity contribution in [3.05, 3.63) is 59.0 Å². The van der Waals surface area contributed by atoms with Gasteiger partial charge in [0.15, 0.2) is 0 Å². The molecule has 176 valence electrons. The number of anilines is 2. The summed E-state index contributed by atoms with van der Waals surface area (Å²) in [6.45, 7) is 6.35. The summed E-state index contributed by atoms with van der Waals surface area (Å²) in [5.74, 6) is 1.24. The highest BCUT2D eigenvalue weighted by atomic mass is 16.2. The van der Waals surface area contributed by atoms with Crippen LogP contribution in [0.15, 0.2) is 36.7 Å². The minimum Gasteiger partial charge on any atom is -0.354 e. The number of carbonyl (C=O) groups excluding carboxylic acids is 2. The summed E-state index contributed by atoms with van der Waals surface area (Å²) in [4.78, 5) is 37.5. The molecule has 5 rings (SSSR count). The van der Waals surface area contributed by atoms with Gasteiger partial charge in [-0.3, -0.25) is 14.6 Å². The zero-order chi connectivity index (χ0) is 23.8. The van der Waals surface area contributed by atoms with Gasteiger partial charge in [0.25, 0.3) is 5.91 Å². The molecule has 7 heteroatoms. The number of carbonyl (C=O) groups is 2. The second kappa shape index (κ2) is 9.05. The Morgan fingerprint density at radius 3 is 2.65 bits per heavy atom. The van der Waals surface area contributed by atoms with Crippen LogP contribution < -0.4 is 10.2 Å². The molecule has 0 bridgehead atoms. The van der Waals surface area contributed by atoms with Crippen molar-refractivity contribution in [2.24, 2.45) is 0 Å². The molecule has 0 saturated carbocycles. The first kappa shape index (κ1) is 22.3. The van der Waals surface area contributed by atoms with Gasteiger partial charge < -0.3 is 15.1 Å². The first-order valence-electron chi connectivity index (χ1n) is 12.1. The monoisotopic (exact) mass is 457 g/mol. The van der Waals surface area contributed by atoms with Crippen molar-refractivity contribution >= 4 is 34.1 Å². The van der Waals surface area contributed by atoms with Gasteiger partial charge in [-0.25, -0.2) is 4.98 Å². The fourth-order valence-electron chi connectivity index (χ4n) is 5.44. The molecule has 0 spiro atoms. The van der Waals surface area contributed by atoms with Crippen LogP contribution in [0, 0.1) is 6.92 Å². The summed E-state index contributed by atoms with van der Waals surface area (Å²) in [7, 11) is 1.63. The van der Waals surface area contributed by atoms with Crippen molar-refractivity contribution < 1.29 is 9.59 Å². The number of piperidine rings is 1.